The first-order chi connectivity index (χ1) is 31.9. The molecule has 1 unspecified atom stereocenters. The molecular formula is C53H104F3N5O5. The van der Waals surface area contributed by atoms with Gasteiger partial charge in [-0.2, -0.15) is 13.2 Å². The summed E-state index contributed by atoms with van der Waals surface area (Å²) < 4.78 is 45.1. The van der Waals surface area contributed by atoms with Gasteiger partial charge in [0.15, 0.2) is 0 Å². The van der Waals surface area contributed by atoms with E-state index < -0.39 is 12.1 Å². The first-order valence-electron chi connectivity index (χ1n) is 26.9. The lowest BCUT2D eigenvalue weighted by molar-refractivity contribution is -0.892. The van der Waals surface area contributed by atoms with Gasteiger partial charge < -0.3 is 45.5 Å². The van der Waals surface area contributed by atoms with E-state index in [1.807, 2.05) is 0 Å². The summed E-state index contributed by atoms with van der Waals surface area (Å²) in [6.07, 6.45) is 44.5. The maximum atomic E-state index is 12.4. The van der Waals surface area contributed by atoms with E-state index in [2.05, 4.69) is 68.2 Å². The second-order valence-electron chi connectivity index (χ2n) is 18.9. The summed E-state index contributed by atoms with van der Waals surface area (Å²) in [5, 5.41) is 18.2. The van der Waals surface area contributed by atoms with Crippen LogP contribution in [0, 0.1) is 0 Å². The molecule has 0 fully saturated rings. The molecule has 13 heteroatoms. The quantitative estimate of drug-likeness (QED) is 0.0271. The van der Waals surface area contributed by atoms with Crippen molar-refractivity contribution in [1.82, 2.24) is 16.0 Å². The Bertz CT molecular complexity index is 1100. The van der Waals surface area contributed by atoms with E-state index in [0.717, 1.165) is 82.5 Å². The fraction of sp³-hybridized carbons (Fsp3) is 0.887. The lowest BCUT2D eigenvalue weighted by Gasteiger charge is -2.33. The van der Waals surface area contributed by atoms with Gasteiger partial charge in [0.25, 0.3) is 0 Å². The highest BCUT2D eigenvalue weighted by Crippen LogP contribution is 2.14. The first-order valence-corrected chi connectivity index (χ1v) is 26.9. The number of hydrogen-bond donors (Lipinski definition) is 4. The van der Waals surface area contributed by atoms with Gasteiger partial charge in [-0.3, -0.25) is 0 Å². The number of nitrogens with zero attached hydrogens (tertiary/aromatic N) is 1. The summed E-state index contributed by atoms with van der Waals surface area (Å²) in [7, 11) is 4.48. The van der Waals surface area contributed by atoms with Crippen LogP contribution in [0.5, 0.6) is 0 Å². The van der Waals surface area contributed by atoms with Crippen molar-refractivity contribution in [2.24, 2.45) is 5.73 Å². The first kappa shape index (κ1) is 65.9. The highest BCUT2D eigenvalue weighted by Gasteiger charge is 2.29. The summed E-state index contributed by atoms with van der Waals surface area (Å²) in [4.78, 5) is 21.2. The lowest BCUT2D eigenvalue weighted by Crippen LogP contribution is -2.51. The van der Waals surface area contributed by atoms with Gasteiger partial charge in [0.1, 0.15) is 18.6 Å². The normalized spacial score (nSPS) is 12.5. The Balaban J connectivity index is 0. The molecule has 2 amide bonds. The average Bonchev–Trinajstić information content (AvgIpc) is 3.27. The van der Waals surface area contributed by atoms with E-state index in [-0.39, 0.29) is 12.1 Å². The molecule has 10 nitrogen and oxygen atoms in total. The second kappa shape index (κ2) is 50.7. The molecular weight excluding hydrogens is 844 g/mol. The number of allylic oxidation sites excluding steroid dienone is 4. The molecule has 0 aromatic rings. The molecule has 1 atom stereocenters. The molecule has 0 aromatic heterocycles. The molecule has 392 valence electrons. The summed E-state index contributed by atoms with van der Waals surface area (Å²) in [6, 6.07) is -0.0835. The van der Waals surface area contributed by atoms with Crippen molar-refractivity contribution in [1.29, 1.82) is 0 Å². The minimum Gasteiger partial charge on any atom is -0.542 e. The van der Waals surface area contributed by atoms with Crippen LogP contribution in [-0.2, 0) is 14.3 Å². The smallest absolute Gasteiger partial charge is 0.430 e. The Kier molecular flexibility index (Phi) is 50.6. The molecule has 0 spiro atoms. The zero-order valence-corrected chi connectivity index (χ0v) is 43.1. The number of likely N-dealkylation sites (N-methyl/N-ethyl adjacent to an activating group) is 1. The van der Waals surface area contributed by atoms with Crippen molar-refractivity contribution in [3.8, 4) is 0 Å². The van der Waals surface area contributed by atoms with Crippen LogP contribution in [0.3, 0.4) is 0 Å². The number of amides is 2. The van der Waals surface area contributed by atoms with Gasteiger partial charge in [-0.1, -0.05) is 154 Å². The Morgan fingerprint density at radius 1 is 0.576 bits per heavy atom. The Morgan fingerprint density at radius 2 is 0.985 bits per heavy atom. The second-order valence-corrected chi connectivity index (χ2v) is 18.9. The predicted octanol–water partition coefficient (Wildman–Crippen LogP) is 11.9. The maximum Gasteiger partial charge on any atom is 0.430 e. The standard InChI is InChI=1S/C51H103N5O3.C2HF3O2/c1-5-7-9-11-13-15-17-19-21-23-25-27-29-31-33-37-46-58-49-50(48-56(3,4)45-44-55-51(57)54-43-39-42-53-41-36-35-40-52)59-47-38-34-32-30-28-26-24-22-20-18-16-14-12-10-8-6-2;3-2(4,5)1(6)7/h19-22,50,53H,5-18,23-49,52H2,1-4H3,(H-,54,55,57);(H,6,7)/b21-19-,22-20-;. The van der Waals surface area contributed by atoms with Crippen molar-refractivity contribution in [2.75, 3.05) is 79.7 Å². The topological polar surface area (TPSA) is 138 Å². The van der Waals surface area contributed by atoms with Crippen molar-refractivity contribution in [3.63, 3.8) is 0 Å². The number of urea groups is 1. The van der Waals surface area contributed by atoms with Crippen LogP contribution in [0.2, 0.25) is 0 Å². The number of carbonyl (C=O) groups is 2. The monoisotopic (exact) mass is 948 g/mol. The number of carboxylic acids is 1. The van der Waals surface area contributed by atoms with Crippen molar-refractivity contribution in [2.45, 2.75) is 225 Å². The number of alkyl halides is 3. The van der Waals surface area contributed by atoms with Gasteiger partial charge in [-0.25, -0.2) is 4.79 Å². The van der Waals surface area contributed by atoms with Crippen molar-refractivity contribution >= 4 is 12.0 Å². The Morgan fingerprint density at radius 3 is 1.44 bits per heavy atom. The molecule has 0 aliphatic heterocycles. The van der Waals surface area contributed by atoms with Gasteiger partial charge >= 0.3 is 12.2 Å². The van der Waals surface area contributed by atoms with Gasteiger partial charge in [-0.05, 0) is 103 Å². The van der Waals surface area contributed by atoms with Crippen LogP contribution >= 0.6 is 0 Å². The zero-order valence-electron chi connectivity index (χ0n) is 43.1. The van der Waals surface area contributed by atoms with Crippen molar-refractivity contribution in [3.05, 3.63) is 24.3 Å². The summed E-state index contributed by atoms with van der Waals surface area (Å²) in [6.45, 7) is 12.5. The average molecular weight is 948 g/mol. The maximum absolute atomic E-state index is 12.4. The molecule has 0 rings (SSSR count). The number of aliphatic carboxylic acids is 1. The SMILES string of the molecule is CCCCCCCC/C=C\CCCCCCCCOCC(C[N+](C)(C)CCNC(=O)NCCCNCCCCN)OCCCCCCCC/C=C\CCCCCCCC.O=C([O-])C(F)(F)F. The Labute approximate surface area is 403 Å². The van der Waals surface area contributed by atoms with Crippen LogP contribution < -0.4 is 26.8 Å². The highest BCUT2D eigenvalue weighted by atomic mass is 19.4. The number of carboxylic acid groups (broad SMARTS) is 1. The number of nitrogens with one attached hydrogen (secondary N) is 3. The lowest BCUT2D eigenvalue weighted by atomic mass is 10.1. The number of nitrogens with two attached hydrogens (primary N) is 1. The zero-order chi connectivity index (χ0) is 49.1. The van der Waals surface area contributed by atoms with E-state index >= 15 is 0 Å². The Hall–Kier alpha value is -2.19. The van der Waals surface area contributed by atoms with Crippen LogP contribution in [0.4, 0.5) is 18.0 Å². The minimum absolute atomic E-state index is 0.0634. The molecule has 66 heavy (non-hydrogen) atoms. The molecule has 0 aliphatic rings. The minimum atomic E-state index is -5.19. The van der Waals surface area contributed by atoms with Crippen LogP contribution in [0.1, 0.15) is 213 Å². The molecule has 0 aromatic carbocycles. The van der Waals surface area contributed by atoms with E-state index in [0.29, 0.717) is 19.7 Å². The fourth-order valence-electron chi connectivity index (χ4n) is 7.53. The molecule has 0 saturated carbocycles. The number of rotatable bonds is 48. The van der Waals surface area contributed by atoms with Crippen LogP contribution in [0.15, 0.2) is 24.3 Å². The molecule has 0 aliphatic carbocycles. The third-order valence-electron chi connectivity index (χ3n) is 11.7. The third kappa shape index (κ3) is 54.4. The number of hydrogen-bond acceptors (Lipinski definition) is 7. The summed E-state index contributed by atoms with van der Waals surface area (Å²) >= 11 is 0. The number of ether oxygens (including phenoxy) is 2. The van der Waals surface area contributed by atoms with E-state index in [1.54, 1.807) is 0 Å². The number of carbonyl (C=O) groups excluding carboxylic acids is 2. The number of unbranched alkanes of at least 4 members (excludes halogenated alkanes) is 25. The van der Waals surface area contributed by atoms with Gasteiger partial charge in [0.2, 0.25) is 0 Å². The van der Waals surface area contributed by atoms with Gasteiger partial charge in [0.05, 0.1) is 33.8 Å². The highest BCUT2D eigenvalue weighted by molar-refractivity contribution is 5.73. The van der Waals surface area contributed by atoms with Gasteiger partial charge in [-0.15, -0.1) is 0 Å². The molecule has 0 bridgehead atoms. The van der Waals surface area contributed by atoms with E-state index in [9.17, 15) is 18.0 Å². The molecule has 0 saturated heterocycles. The summed E-state index contributed by atoms with van der Waals surface area (Å²) in [5.41, 5.74) is 5.55. The fourth-order valence-corrected chi connectivity index (χ4v) is 7.53. The van der Waals surface area contributed by atoms with E-state index in [1.165, 1.54) is 167 Å². The molecule has 0 radical (unpaired) electrons. The van der Waals surface area contributed by atoms with Crippen molar-refractivity contribution < 1.29 is 41.8 Å². The summed E-state index contributed by atoms with van der Waals surface area (Å²) in [5.74, 6) is -3.01. The van der Waals surface area contributed by atoms with Crippen LogP contribution in [-0.4, -0.2) is 108 Å². The molecule has 5 N–H and O–H groups in total. The van der Waals surface area contributed by atoms with Crippen LogP contribution in [0.25, 0.3) is 0 Å². The molecule has 0 heterocycles. The van der Waals surface area contributed by atoms with Gasteiger partial charge in [0, 0.05) is 19.8 Å². The largest absolute Gasteiger partial charge is 0.542 e. The van der Waals surface area contributed by atoms with E-state index in [4.69, 9.17) is 25.1 Å². The number of quaternary nitrogens is 1. The number of halogens is 3. The predicted molar refractivity (Wildman–Crippen MR) is 270 cm³/mol. The third-order valence-corrected chi connectivity index (χ3v) is 11.7.